The lowest BCUT2D eigenvalue weighted by Crippen LogP contribution is -2.34. The van der Waals surface area contributed by atoms with Crippen LogP contribution in [0.25, 0.3) is 0 Å². The molecule has 0 spiro atoms. The number of hydrogen-bond acceptors (Lipinski definition) is 4. The van der Waals surface area contributed by atoms with Crippen LogP contribution in [-0.4, -0.2) is 32.7 Å². The zero-order chi connectivity index (χ0) is 20.6. The molecule has 0 aliphatic heterocycles. The number of rotatable bonds is 11. The van der Waals surface area contributed by atoms with Crippen molar-refractivity contribution in [3.05, 3.63) is 72.3 Å². The molecule has 2 rings (SSSR count). The van der Waals surface area contributed by atoms with Crippen LogP contribution >= 0.6 is 0 Å². The molecule has 0 amide bonds. The van der Waals surface area contributed by atoms with Crippen LogP contribution in [-0.2, 0) is 23.1 Å². The number of ether oxygens (including phenoxy) is 2. The zero-order valence-electron chi connectivity index (χ0n) is 16.8. The highest BCUT2D eigenvalue weighted by Gasteiger charge is 2.25. The van der Waals surface area contributed by atoms with Gasteiger partial charge in [-0.2, -0.15) is 4.31 Å². The van der Waals surface area contributed by atoms with Gasteiger partial charge in [0.25, 0.3) is 0 Å². The molecule has 0 radical (unpaired) electrons. The Morgan fingerprint density at radius 2 is 1.36 bits per heavy atom. The van der Waals surface area contributed by atoms with Crippen LogP contribution in [0.5, 0.6) is 11.5 Å². The summed E-state index contributed by atoms with van der Waals surface area (Å²) in [6, 6.07) is 14.9. The van der Waals surface area contributed by atoms with Gasteiger partial charge in [0.1, 0.15) is 11.5 Å². The van der Waals surface area contributed by atoms with Gasteiger partial charge in [0.2, 0.25) is 10.0 Å². The van der Waals surface area contributed by atoms with Crippen molar-refractivity contribution >= 4 is 10.0 Å². The maximum absolute atomic E-state index is 13.1. The molecular weight excluding hydrogens is 374 g/mol. The Balaban J connectivity index is 2.25. The summed E-state index contributed by atoms with van der Waals surface area (Å²) < 4.78 is 38.1. The lowest BCUT2D eigenvalue weighted by molar-refractivity contribution is 0.393. The van der Waals surface area contributed by atoms with Gasteiger partial charge in [-0.15, -0.1) is 6.58 Å². The summed E-state index contributed by atoms with van der Waals surface area (Å²) in [5.74, 6) is 1.59. The largest absolute Gasteiger partial charge is 0.497 e. The maximum atomic E-state index is 13.1. The summed E-state index contributed by atoms with van der Waals surface area (Å²) in [5, 5.41) is 0. The molecular formula is C22H29NO4S. The molecule has 0 saturated heterocycles. The highest BCUT2D eigenvalue weighted by molar-refractivity contribution is 7.89. The average molecular weight is 404 g/mol. The van der Waals surface area contributed by atoms with Crippen LogP contribution in [0.15, 0.2) is 61.2 Å². The SMILES string of the molecule is C=CC[C@@H](C)CS(=O)(=O)N(Cc1ccc(OC)cc1)Cc1ccc(OC)cc1. The number of sulfonamides is 1. The van der Waals surface area contributed by atoms with Crippen molar-refractivity contribution in [2.24, 2.45) is 5.92 Å². The molecule has 0 heterocycles. The minimum Gasteiger partial charge on any atom is -0.497 e. The first-order valence-electron chi connectivity index (χ1n) is 9.22. The molecule has 6 heteroatoms. The number of allylic oxidation sites excluding steroid dienone is 1. The number of hydrogen-bond donors (Lipinski definition) is 0. The highest BCUT2D eigenvalue weighted by atomic mass is 32.2. The predicted molar refractivity (Wildman–Crippen MR) is 113 cm³/mol. The Bertz CT molecular complexity index is 796. The van der Waals surface area contributed by atoms with Crippen LogP contribution < -0.4 is 9.47 Å². The average Bonchev–Trinajstić information content (AvgIpc) is 2.68. The number of methoxy groups -OCH3 is 2. The molecule has 2 aromatic carbocycles. The fourth-order valence-corrected chi connectivity index (χ4v) is 4.70. The van der Waals surface area contributed by atoms with E-state index in [0.29, 0.717) is 19.5 Å². The quantitative estimate of drug-likeness (QED) is 0.527. The third-order valence-electron chi connectivity index (χ3n) is 4.49. The minimum absolute atomic E-state index is 0.0109. The predicted octanol–water partition coefficient (Wildman–Crippen LogP) is 4.25. The van der Waals surface area contributed by atoms with Gasteiger partial charge in [0.05, 0.1) is 20.0 Å². The summed E-state index contributed by atoms with van der Waals surface area (Å²) >= 11 is 0. The standard InChI is InChI=1S/C22H29NO4S/c1-5-6-18(2)17-28(24,25)23(15-19-7-11-21(26-3)12-8-19)16-20-9-13-22(27-4)14-10-20/h5,7-14,18H,1,6,15-17H2,2-4H3/t18-/m1/s1. The molecule has 0 aliphatic rings. The number of nitrogens with zero attached hydrogens (tertiary/aromatic N) is 1. The zero-order valence-corrected chi connectivity index (χ0v) is 17.6. The summed E-state index contributed by atoms with van der Waals surface area (Å²) in [7, 11) is -0.233. The van der Waals surface area contributed by atoms with Gasteiger partial charge in [-0.05, 0) is 47.7 Å². The molecule has 28 heavy (non-hydrogen) atoms. The first-order valence-corrected chi connectivity index (χ1v) is 10.8. The van der Waals surface area contributed by atoms with Crippen LogP contribution in [0.3, 0.4) is 0 Å². The Labute approximate surface area is 168 Å². The first-order chi connectivity index (χ1) is 13.4. The first kappa shape index (κ1) is 22.0. The normalized spacial score (nSPS) is 12.6. The Morgan fingerprint density at radius 1 is 0.929 bits per heavy atom. The molecule has 0 bridgehead atoms. The van der Waals surface area contributed by atoms with Gasteiger partial charge in [0.15, 0.2) is 0 Å². The van der Waals surface area contributed by atoms with E-state index < -0.39 is 10.0 Å². The van der Waals surface area contributed by atoms with Crippen molar-refractivity contribution in [2.45, 2.75) is 26.4 Å². The molecule has 0 N–H and O–H groups in total. The second-order valence-corrected chi connectivity index (χ2v) is 8.89. The van der Waals surface area contributed by atoms with E-state index in [0.717, 1.165) is 22.6 Å². The maximum Gasteiger partial charge on any atom is 0.214 e. The van der Waals surface area contributed by atoms with Gasteiger partial charge in [0, 0.05) is 13.1 Å². The third kappa shape index (κ3) is 6.39. The fraction of sp³-hybridized carbons (Fsp3) is 0.364. The molecule has 0 aromatic heterocycles. The van der Waals surface area contributed by atoms with E-state index in [1.165, 1.54) is 4.31 Å². The van der Waals surface area contributed by atoms with E-state index in [4.69, 9.17) is 9.47 Å². The van der Waals surface area contributed by atoms with E-state index in [-0.39, 0.29) is 11.7 Å². The van der Waals surface area contributed by atoms with Gasteiger partial charge in [-0.1, -0.05) is 37.3 Å². The van der Waals surface area contributed by atoms with E-state index in [2.05, 4.69) is 6.58 Å². The monoisotopic (exact) mass is 403 g/mol. The molecule has 0 unspecified atom stereocenters. The second-order valence-electron chi connectivity index (χ2n) is 6.87. The van der Waals surface area contributed by atoms with Gasteiger partial charge in [-0.25, -0.2) is 8.42 Å². The van der Waals surface area contributed by atoms with Crippen molar-refractivity contribution in [3.8, 4) is 11.5 Å². The van der Waals surface area contributed by atoms with Gasteiger partial charge >= 0.3 is 0 Å². The summed E-state index contributed by atoms with van der Waals surface area (Å²) in [5.41, 5.74) is 1.82. The van der Waals surface area contributed by atoms with Crippen LogP contribution in [0.2, 0.25) is 0 Å². The van der Waals surface area contributed by atoms with Gasteiger partial charge in [-0.3, -0.25) is 0 Å². The van der Waals surface area contributed by atoms with Crippen LogP contribution in [0.1, 0.15) is 24.5 Å². The fourth-order valence-electron chi connectivity index (χ4n) is 2.94. The summed E-state index contributed by atoms with van der Waals surface area (Å²) in [4.78, 5) is 0. The molecule has 1 atom stereocenters. The lowest BCUT2D eigenvalue weighted by Gasteiger charge is -2.24. The minimum atomic E-state index is -3.45. The molecule has 0 fully saturated rings. The molecule has 152 valence electrons. The smallest absolute Gasteiger partial charge is 0.214 e. The third-order valence-corrected chi connectivity index (χ3v) is 6.53. The summed E-state index contributed by atoms with van der Waals surface area (Å²) in [6.45, 7) is 6.25. The summed E-state index contributed by atoms with van der Waals surface area (Å²) in [6.07, 6.45) is 2.43. The number of benzene rings is 2. The van der Waals surface area contributed by atoms with Crippen molar-refractivity contribution in [3.63, 3.8) is 0 Å². The Morgan fingerprint density at radius 3 is 1.71 bits per heavy atom. The van der Waals surface area contributed by atoms with E-state index >= 15 is 0 Å². The highest BCUT2D eigenvalue weighted by Crippen LogP contribution is 2.21. The molecule has 0 aliphatic carbocycles. The van der Waals surface area contributed by atoms with Crippen molar-refractivity contribution in [1.29, 1.82) is 0 Å². The van der Waals surface area contributed by atoms with E-state index in [1.807, 2.05) is 55.5 Å². The van der Waals surface area contributed by atoms with E-state index in [1.54, 1.807) is 20.3 Å². The Kier molecular flexibility index (Phi) is 8.08. The topological polar surface area (TPSA) is 55.8 Å². The van der Waals surface area contributed by atoms with Crippen molar-refractivity contribution in [2.75, 3.05) is 20.0 Å². The lowest BCUT2D eigenvalue weighted by atomic mass is 10.1. The molecule has 2 aromatic rings. The van der Waals surface area contributed by atoms with E-state index in [9.17, 15) is 8.42 Å². The van der Waals surface area contributed by atoms with Gasteiger partial charge < -0.3 is 9.47 Å². The van der Waals surface area contributed by atoms with Crippen LogP contribution in [0, 0.1) is 5.92 Å². The van der Waals surface area contributed by atoms with Crippen molar-refractivity contribution in [1.82, 2.24) is 4.31 Å². The molecule has 5 nitrogen and oxygen atoms in total. The second kappa shape index (κ2) is 10.3. The Hall–Kier alpha value is -2.31. The molecule has 0 saturated carbocycles. The van der Waals surface area contributed by atoms with Crippen molar-refractivity contribution < 1.29 is 17.9 Å². The van der Waals surface area contributed by atoms with Crippen LogP contribution in [0.4, 0.5) is 0 Å².